The number of rotatable bonds is 29. The van der Waals surface area contributed by atoms with E-state index in [-0.39, 0.29) is 19.4 Å². The van der Waals surface area contributed by atoms with Crippen LogP contribution in [0.15, 0.2) is 60.8 Å². The van der Waals surface area contributed by atoms with Gasteiger partial charge in [-0.25, -0.2) is 4.57 Å². The Balaban J connectivity index is 4.17. The topological polar surface area (TPSA) is 119 Å². The van der Waals surface area contributed by atoms with Crippen LogP contribution in [-0.4, -0.2) is 41.0 Å². The fourth-order valence-corrected chi connectivity index (χ4v) is 4.45. The van der Waals surface area contributed by atoms with E-state index < -0.39 is 32.5 Å². The largest absolute Gasteiger partial charge is 0.469 e. The highest BCUT2D eigenvalue weighted by Crippen LogP contribution is 2.35. The molecule has 0 saturated carbocycles. The number of ether oxygens (including phenoxy) is 2. The molecule has 2 N–H and O–H groups in total. The molecule has 0 aromatic carbocycles. The SMILES string of the molecule is CC/C=C\C/C=C\C/C=C\C/C=C\CCC(=O)OC(COC(=O)CCCCCCC/C=C\CCCCCC)COP(=O)(O)O. The minimum Gasteiger partial charge on any atom is -0.462 e. The van der Waals surface area contributed by atoms with Crippen molar-refractivity contribution >= 4 is 19.8 Å². The van der Waals surface area contributed by atoms with Gasteiger partial charge in [0.2, 0.25) is 0 Å². The van der Waals surface area contributed by atoms with Gasteiger partial charge in [0.05, 0.1) is 6.61 Å². The quantitative estimate of drug-likeness (QED) is 0.0360. The van der Waals surface area contributed by atoms with Crippen molar-refractivity contribution in [3.05, 3.63) is 60.8 Å². The predicted molar refractivity (Wildman–Crippen MR) is 179 cm³/mol. The smallest absolute Gasteiger partial charge is 0.462 e. The molecule has 0 spiro atoms. The Morgan fingerprint density at radius 3 is 1.73 bits per heavy atom. The lowest BCUT2D eigenvalue weighted by Gasteiger charge is -2.18. The number of phosphoric acid groups is 1. The van der Waals surface area contributed by atoms with Crippen molar-refractivity contribution in [1.82, 2.24) is 0 Å². The third-order valence-electron chi connectivity index (χ3n) is 6.53. The first-order valence-electron chi connectivity index (χ1n) is 16.6. The summed E-state index contributed by atoms with van der Waals surface area (Å²) in [5, 5.41) is 0. The molecule has 0 radical (unpaired) electrons. The van der Waals surface area contributed by atoms with Gasteiger partial charge in [0, 0.05) is 12.8 Å². The summed E-state index contributed by atoms with van der Waals surface area (Å²) < 4.78 is 26.1. The molecule has 8 nitrogen and oxygen atoms in total. The summed E-state index contributed by atoms with van der Waals surface area (Å²) in [4.78, 5) is 42.4. The lowest BCUT2D eigenvalue weighted by molar-refractivity contribution is -0.161. The van der Waals surface area contributed by atoms with Gasteiger partial charge in [0.25, 0.3) is 0 Å². The van der Waals surface area contributed by atoms with Gasteiger partial charge < -0.3 is 19.3 Å². The highest BCUT2D eigenvalue weighted by Gasteiger charge is 2.22. The van der Waals surface area contributed by atoms with E-state index in [1.54, 1.807) is 0 Å². The van der Waals surface area contributed by atoms with Crippen molar-refractivity contribution < 1.29 is 37.9 Å². The van der Waals surface area contributed by atoms with E-state index in [1.807, 2.05) is 12.2 Å². The van der Waals surface area contributed by atoms with Crippen molar-refractivity contribution in [2.75, 3.05) is 13.2 Å². The molecule has 44 heavy (non-hydrogen) atoms. The van der Waals surface area contributed by atoms with Crippen molar-refractivity contribution in [2.45, 2.75) is 136 Å². The number of hydrogen-bond donors (Lipinski definition) is 2. The van der Waals surface area contributed by atoms with E-state index in [0.29, 0.717) is 12.8 Å². The van der Waals surface area contributed by atoms with Gasteiger partial charge in [-0.15, -0.1) is 0 Å². The van der Waals surface area contributed by atoms with E-state index >= 15 is 0 Å². The van der Waals surface area contributed by atoms with Gasteiger partial charge in [0.15, 0.2) is 6.10 Å². The van der Waals surface area contributed by atoms with Gasteiger partial charge in [0.1, 0.15) is 6.61 Å². The van der Waals surface area contributed by atoms with Crippen molar-refractivity contribution in [1.29, 1.82) is 0 Å². The van der Waals surface area contributed by atoms with Crippen LogP contribution in [0.5, 0.6) is 0 Å². The monoisotopic (exact) mass is 638 g/mol. The molecule has 0 aromatic heterocycles. The standard InChI is InChI=1S/C35H59O8P/c1-3-5-7-9-11-13-15-17-19-21-23-25-27-29-34(36)41-31-33(32-42-44(38,39)40)43-35(37)30-28-26-24-22-20-18-16-14-12-10-8-6-4-2/h6,8,12-15,18,20,24,26,33H,3-5,7,9-11,16-17,19,21-23,25,27-32H2,1-2H3,(H2,38,39,40)/b8-6-,14-12-,15-13-,20-18-,26-24-. The van der Waals surface area contributed by atoms with E-state index in [0.717, 1.165) is 57.8 Å². The first-order chi connectivity index (χ1) is 21.3. The molecule has 0 aliphatic heterocycles. The molecule has 9 heteroatoms. The van der Waals surface area contributed by atoms with Crippen molar-refractivity contribution in [3.63, 3.8) is 0 Å². The Bertz CT molecular complexity index is 900. The maximum atomic E-state index is 12.3. The van der Waals surface area contributed by atoms with E-state index in [1.165, 1.54) is 32.1 Å². The molecule has 1 atom stereocenters. The molecule has 1 unspecified atom stereocenters. The third-order valence-corrected chi connectivity index (χ3v) is 7.02. The zero-order chi connectivity index (χ0) is 32.6. The Kier molecular flexibility index (Phi) is 29.2. The molecule has 0 aromatic rings. The summed E-state index contributed by atoms with van der Waals surface area (Å²) in [5.74, 6) is -0.998. The number of carbonyl (C=O) groups is 2. The Hall–Kier alpha value is -2.25. The number of allylic oxidation sites excluding steroid dienone is 10. The minimum absolute atomic E-state index is 0.0866. The highest BCUT2D eigenvalue weighted by atomic mass is 31.2. The van der Waals surface area contributed by atoms with Crippen molar-refractivity contribution in [2.24, 2.45) is 0 Å². The molecule has 252 valence electrons. The zero-order valence-corrected chi connectivity index (χ0v) is 28.2. The highest BCUT2D eigenvalue weighted by molar-refractivity contribution is 7.46. The summed E-state index contributed by atoms with van der Waals surface area (Å²) >= 11 is 0. The minimum atomic E-state index is -4.77. The molecular weight excluding hydrogens is 579 g/mol. The molecule has 0 heterocycles. The summed E-state index contributed by atoms with van der Waals surface area (Å²) in [6.07, 6.45) is 36.7. The van der Waals surface area contributed by atoms with Crippen LogP contribution in [0, 0.1) is 0 Å². The van der Waals surface area contributed by atoms with Crippen LogP contribution in [-0.2, 0) is 28.2 Å². The maximum Gasteiger partial charge on any atom is 0.469 e. The average Bonchev–Trinajstić information content (AvgIpc) is 2.98. The van der Waals surface area contributed by atoms with Gasteiger partial charge in [-0.05, 0) is 64.2 Å². The van der Waals surface area contributed by atoms with Crippen LogP contribution in [0.25, 0.3) is 0 Å². The number of phosphoric ester groups is 1. The van der Waals surface area contributed by atoms with Crippen LogP contribution < -0.4 is 0 Å². The fourth-order valence-electron chi connectivity index (χ4n) is 4.08. The summed E-state index contributed by atoms with van der Waals surface area (Å²) in [6.45, 7) is 3.44. The molecular formula is C35H59O8P. The first-order valence-corrected chi connectivity index (χ1v) is 18.1. The van der Waals surface area contributed by atoms with Gasteiger partial charge >= 0.3 is 19.8 Å². The molecule has 0 aliphatic rings. The molecule has 0 saturated heterocycles. The lowest BCUT2D eigenvalue weighted by Crippen LogP contribution is -2.29. The van der Waals surface area contributed by atoms with E-state index in [2.05, 4.69) is 67.0 Å². The predicted octanol–water partition coefficient (Wildman–Crippen LogP) is 9.39. The average molecular weight is 639 g/mol. The second-order valence-electron chi connectivity index (χ2n) is 10.7. The van der Waals surface area contributed by atoms with Crippen LogP contribution >= 0.6 is 7.82 Å². The zero-order valence-electron chi connectivity index (χ0n) is 27.3. The Morgan fingerprint density at radius 2 is 1.14 bits per heavy atom. The van der Waals surface area contributed by atoms with Crippen LogP contribution in [0.3, 0.4) is 0 Å². The first kappa shape index (κ1) is 41.8. The number of hydrogen-bond acceptors (Lipinski definition) is 6. The number of carbonyl (C=O) groups excluding carboxylic acids is 2. The van der Waals surface area contributed by atoms with Crippen LogP contribution in [0.1, 0.15) is 129 Å². The number of unbranched alkanes of at least 4 members (excludes halogenated alkanes) is 9. The summed E-state index contributed by atoms with van der Waals surface area (Å²) in [7, 11) is -4.77. The molecule has 0 amide bonds. The lowest BCUT2D eigenvalue weighted by atomic mass is 10.1. The van der Waals surface area contributed by atoms with Gasteiger partial charge in [-0.2, -0.15) is 0 Å². The van der Waals surface area contributed by atoms with Crippen molar-refractivity contribution in [3.8, 4) is 0 Å². The molecule has 0 rings (SSSR count). The molecule has 0 aliphatic carbocycles. The third kappa shape index (κ3) is 32.7. The Morgan fingerprint density at radius 1 is 0.614 bits per heavy atom. The summed E-state index contributed by atoms with van der Waals surface area (Å²) in [6, 6.07) is 0. The summed E-state index contributed by atoms with van der Waals surface area (Å²) in [5.41, 5.74) is 0. The van der Waals surface area contributed by atoms with E-state index in [9.17, 15) is 14.2 Å². The van der Waals surface area contributed by atoms with Crippen LogP contribution in [0.2, 0.25) is 0 Å². The second-order valence-corrected chi connectivity index (χ2v) is 12.0. The normalized spacial score (nSPS) is 13.3. The maximum absolute atomic E-state index is 12.3. The molecule has 0 fully saturated rings. The Labute approximate surface area is 267 Å². The molecule has 0 bridgehead atoms. The van der Waals surface area contributed by atoms with Gasteiger partial charge in [-0.3, -0.25) is 14.1 Å². The van der Waals surface area contributed by atoms with Gasteiger partial charge in [-0.1, -0.05) is 113 Å². The number of esters is 2. The van der Waals surface area contributed by atoms with E-state index in [4.69, 9.17) is 19.3 Å². The fraction of sp³-hybridized carbons (Fsp3) is 0.657. The second kappa shape index (κ2) is 30.8. The van der Waals surface area contributed by atoms with Crippen LogP contribution in [0.4, 0.5) is 0 Å².